The Morgan fingerprint density at radius 1 is 0.769 bits per heavy atom. The van der Waals surface area contributed by atoms with E-state index in [4.69, 9.17) is 9.47 Å². The van der Waals surface area contributed by atoms with Gasteiger partial charge in [0.15, 0.2) is 0 Å². The number of amides is 1. The van der Waals surface area contributed by atoms with Crippen molar-refractivity contribution in [1.29, 1.82) is 0 Å². The molecule has 202 valence electrons. The van der Waals surface area contributed by atoms with E-state index in [-0.39, 0.29) is 5.91 Å². The number of nitrogens with zero attached hydrogens (tertiary/aromatic N) is 3. The van der Waals surface area contributed by atoms with Gasteiger partial charge in [-0.3, -0.25) is 4.79 Å². The first kappa shape index (κ1) is 25.5. The maximum absolute atomic E-state index is 13.1. The fourth-order valence-electron chi connectivity index (χ4n) is 5.61. The van der Waals surface area contributed by atoms with Crippen molar-refractivity contribution < 1.29 is 14.3 Å². The lowest BCUT2D eigenvalue weighted by Crippen LogP contribution is -2.36. The maximum atomic E-state index is 13.1. The lowest BCUT2D eigenvalue weighted by atomic mass is 10.1. The molecule has 3 heterocycles. The molecule has 3 aliphatic heterocycles. The highest BCUT2D eigenvalue weighted by Gasteiger charge is 2.22. The number of morpholine rings is 2. The highest BCUT2D eigenvalue weighted by Crippen LogP contribution is 2.37. The summed E-state index contributed by atoms with van der Waals surface area (Å²) in [6.07, 6.45) is 5.33. The van der Waals surface area contributed by atoms with Crippen LogP contribution >= 0.6 is 0 Å². The number of rotatable bonds is 5. The van der Waals surface area contributed by atoms with Gasteiger partial charge in [-0.05, 0) is 85.6 Å². The van der Waals surface area contributed by atoms with Crippen LogP contribution < -0.4 is 20.0 Å². The molecule has 7 nitrogen and oxygen atoms in total. The summed E-state index contributed by atoms with van der Waals surface area (Å²) in [5, 5.41) is 3.10. The third-order valence-corrected chi connectivity index (χ3v) is 7.77. The predicted octanol–water partition coefficient (Wildman–Crippen LogP) is 5.56. The van der Waals surface area contributed by atoms with Gasteiger partial charge < -0.3 is 29.5 Å². The molecule has 2 saturated heterocycles. The molecule has 0 radical (unpaired) electrons. The van der Waals surface area contributed by atoms with Gasteiger partial charge in [-0.2, -0.15) is 0 Å². The highest BCUT2D eigenvalue weighted by atomic mass is 16.5. The lowest BCUT2D eigenvalue weighted by Gasteiger charge is -2.33. The van der Waals surface area contributed by atoms with Gasteiger partial charge in [0.2, 0.25) is 0 Å². The number of nitrogens with one attached hydrogen (secondary N) is 1. The Bertz CT molecular complexity index is 1310. The summed E-state index contributed by atoms with van der Waals surface area (Å²) in [5.74, 6) is -0.106. The van der Waals surface area contributed by atoms with Crippen molar-refractivity contribution in [3.05, 3.63) is 83.9 Å². The number of carbonyl (C=O) groups excluding carboxylic acids is 1. The van der Waals surface area contributed by atoms with Crippen LogP contribution in [0.2, 0.25) is 0 Å². The average molecular weight is 525 g/mol. The van der Waals surface area contributed by atoms with Gasteiger partial charge >= 0.3 is 0 Å². The van der Waals surface area contributed by atoms with E-state index in [2.05, 4.69) is 75.5 Å². The molecule has 1 N–H and O–H groups in total. The molecule has 1 unspecified atom stereocenters. The van der Waals surface area contributed by atoms with E-state index in [1.807, 2.05) is 30.3 Å². The summed E-state index contributed by atoms with van der Waals surface area (Å²) in [5.41, 5.74) is 7.20. The second-order valence-corrected chi connectivity index (χ2v) is 10.3. The minimum Gasteiger partial charge on any atom is -0.378 e. The van der Waals surface area contributed by atoms with E-state index in [0.29, 0.717) is 11.6 Å². The van der Waals surface area contributed by atoms with Gasteiger partial charge in [0.05, 0.1) is 26.4 Å². The van der Waals surface area contributed by atoms with Gasteiger partial charge in [-0.25, -0.2) is 0 Å². The van der Waals surface area contributed by atoms with Gasteiger partial charge in [-0.15, -0.1) is 0 Å². The summed E-state index contributed by atoms with van der Waals surface area (Å²) >= 11 is 0. The number of hydrogen-bond acceptors (Lipinski definition) is 6. The average Bonchev–Trinajstić information content (AvgIpc) is 3.16. The number of carbonyl (C=O) groups is 1. The molecule has 3 aliphatic rings. The molecule has 6 rings (SSSR count). The summed E-state index contributed by atoms with van der Waals surface area (Å²) in [6.45, 7) is 8.91. The van der Waals surface area contributed by atoms with Gasteiger partial charge in [0.25, 0.3) is 5.91 Å². The largest absolute Gasteiger partial charge is 0.378 e. The minimum absolute atomic E-state index is 0.106. The second-order valence-electron chi connectivity index (χ2n) is 10.3. The fourth-order valence-corrected chi connectivity index (χ4v) is 5.61. The van der Waals surface area contributed by atoms with Crippen LogP contribution in [0, 0.1) is 0 Å². The molecule has 0 aromatic heterocycles. The Kier molecular flexibility index (Phi) is 7.52. The van der Waals surface area contributed by atoms with E-state index in [1.54, 1.807) is 0 Å². The minimum atomic E-state index is -0.106. The van der Waals surface area contributed by atoms with Crippen molar-refractivity contribution in [1.82, 2.24) is 0 Å². The zero-order valence-corrected chi connectivity index (χ0v) is 22.5. The summed E-state index contributed by atoms with van der Waals surface area (Å²) < 4.78 is 10.9. The van der Waals surface area contributed by atoms with Crippen LogP contribution in [-0.4, -0.2) is 64.6 Å². The van der Waals surface area contributed by atoms with Crippen LogP contribution in [0.3, 0.4) is 0 Å². The SMILES string of the molecule is CC1CC=Cc2cc(NC(=O)c3ccc(N4CCOCC4)cc3)ccc2N1c1ccc(N2CCOCC2)cc1. The first-order valence-electron chi connectivity index (χ1n) is 13.9. The van der Waals surface area contributed by atoms with Crippen molar-refractivity contribution in [2.24, 2.45) is 0 Å². The molecular formula is C32H36N4O3. The van der Waals surface area contributed by atoms with Crippen molar-refractivity contribution in [3.63, 3.8) is 0 Å². The number of anilines is 5. The number of ether oxygens (including phenoxy) is 2. The molecule has 2 fully saturated rings. The smallest absolute Gasteiger partial charge is 0.255 e. The van der Waals surface area contributed by atoms with Crippen molar-refractivity contribution in [2.45, 2.75) is 19.4 Å². The third kappa shape index (κ3) is 5.65. The van der Waals surface area contributed by atoms with Gasteiger partial charge in [0, 0.05) is 66.2 Å². The van der Waals surface area contributed by atoms with Gasteiger partial charge in [-0.1, -0.05) is 12.2 Å². The van der Waals surface area contributed by atoms with Crippen LogP contribution in [0.25, 0.3) is 6.08 Å². The molecule has 3 aromatic rings. The lowest BCUT2D eigenvalue weighted by molar-refractivity contribution is 0.102. The summed E-state index contributed by atoms with van der Waals surface area (Å²) in [7, 11) is 0. The predicted molar refractivity (Wildman–Crippen MR) is 159 cm³/mol. The maximum Gasteiger partial charge on any atom is 0.255 e. The monoisotopic (exact) mass is 524 g/mol. The van der Waals surface area contributed by atoms with Crippen LogP contribution in [0.1, 0.15) is 29.3 Å². The van der Waals surface area contributed by atoms with Crippen molar-refractivity contribution in [3.8, 4) is 0 Å². The number of benzene rings is 3. The Labute approximate surface area is 230 Å². The Balaban J connectivity index is 1.18. The standard InChI is InChI=1S/C32H36N4O3/c1-24-3-2-4-26-23-27(33-32(37)25-5-8-28(9-6-25)34-15-19-38-20-16-34)7-14-31(26)36(24)30-12-10-29(11-13-30)35-17-21-39-22-18-35/h2,4-14,23-24H,3,15-22H2,1H3,(H,33,37). The van der Waals surface area contributed by atoms with E-state index in [0.717, 1.165) is 81.7 Å². The van der Waals surface area contributed by atoms with E-state index in [9.17, 15) is 4.79 Å². The quantitative estimate of drug-likeness (QED) is 0.472. The molecule has 1 atom stereocenters. The van der Waals surface area contributed by atoms with Gasteiger partial charge in [0.1, 0.15) is 0 Å². The van der Waals surface area contributed by atoms with E-state index in [1.165, 1.54) is 11.4 Å². The molecule has 0 aliphatic carbocycles. The van der Waals surface area contributed by atoms with Crippen LogP contribution in [0.5, 0.6) is 0 Å². The Morgan fingerprint density at radius 2 is 1.33 bits per heavy atom. The first-order chi connectivity index (χ1) is 19.2. The molecule has 0 bridgehead atoms. The van der Waals surface area contributed by atoms with Crippen LogP contribution in [0.4, 0.5) is 28.4 Å². The molecule has 3 aromatic carbocycles. The third-order valence-electron chi connectivity index (χ3n) is 7.77. The molecular weight excluding hydrogens is 488 g/mol. The zero-order chi connectivity index (χ0) is 26.6. The summed E-state index contributed by atoms with van der Waals surface area (Å²) in [6, 6.07) is 23.2. The number of fused-ring (bicyclic) bond motifs is 1. The van der Waals surface area contributed by atoms with E-state index >= 15 is 0 Å². The Morgan fingerprint density at radius 3 is 1.95 bits per heavy atom. The van der Waals surface area contributed by atoms with Crippen molar-refractivity contribution >= 4 is 40.4 Å². The molecule has 39 heavy (non-hydrogen) atoms. The first-order valence-corrected chi connectivity index (χ1v) is 13.9. The van der Waals surface area contributed by atoms with Crippen LogP contribution in [-0.2, 0) is 9.47 Å². The normalized spacial score (nSPS) is 19.4. The summed E-state index contributed by atoms with van der Waals surface area (Å²) in [4.78, 5) is 20.1. The molecule has 0 spiro atoms. The second kappa shape index (κ2) is 11.5. The molecule has 0 saturated carbocycles. The highest BCUT2D eigenvalue weighted by molar-refractivity contribution is 6.04. The molecule has 1 amide bonds. The van der Waals surface area contributed by atoms with E-state index < -0.39 is 0 Å². The van der Waals surface area contributed by atoms with Crippen LogP contribution in [0.15, 0.2) is 72.8 Å². The topological polar surface area (TPSA) is 57.3 Å². The molecule has 7 heteroatoms. The number of hydrogen-bond donors (Lipinski definition) is 1. The van der Waals surface area contributed by atoms with Crippen molar-refractivity contribution in [2.75, 3.05) is 72.6 Å². The zero-order valence-electron chi connectivity index (χ0n) is 22.5. The Hall–Kier alpha value is -3.81. The fraction of sp³-hybridized carbons (Fsp3) is 0.344.